The monoisotopic (exact) mass is 349 g/mol. The van der Waals surface area contributed by atoms with Crippen LogP contribution in [-0.2, 0) is 9.59 Å². The Labute approximate surface area is 144 Å². The van der Waals surface area contributed by atoms with Gasteiger partial charge in [0, 0.05) is 38.1 Å². The fourth-order valence-electron chi connectivity index (χ4n) is 2.46. The molecule has 0 spiro atoms. The molecule has 5 nitrogen and oxygen atoms in total. The van der Waals surface area contributed by atoms with E-state index in [1.165, 1.54) is 11.8 Å². The molecule has 1 aromatic carbocycles. The highest BCUT2D eigenvalue weighted by Crippen LogP contribution is 2.30. The number of nitrogens with zero attached hydrogens (tertiary/aromatic N) is 3. The molecule has 0 radical (unpaired) electrons. The summed E-state index contributed by atoms with van der Waals surface area (Å²) in [6.45, 7) is 4.31. The van der Waals surface area contributed by atoms with Gasteiger partial charge in [-0.1, -0.05) is 23.7 Å². The third kappa shape index (κ3) is 3.76. The maximum atomic E-state index is 12.1. The molecule has 1 fully saturated rings. The Morgan fingerprint density at radius 3 is 2.48 bits per heavy atom. The third-order valence-electron chi connectivity index (χ3n) is 3.77. The van der Waals surface area contributed by atoms with Crippen molar-refractivity contribution in [2.45, 2.75) is 6.92 Å². The van der Waals surface area contributed by atoms with E-state index in [0.29, 0.717) is 36.1 Å². The summed E-state index contributed by atoms with van der Waals surface area (Å²) in [5.41, 5.74) is 0.920. The van der Waals surface area contributed by atoms with Crippen LogP contribution in [0.1, 0.15) is 12.5 Å². The van der Waals surface area contributed by atoms with Gasteiger partial charge in [-0.2, -0.15) is 4.99 Å². The van der Waals surface area contributed by atoms with Crippen molar-refractivity contribution >= 4 is 46.4 Å². The normalized spacial score (nSPS) is 20.2. The molecule has 2 aliphatic rings. The molecule has 2 heterocycles. The lowest BCUT2D eigenvalue weighted by molar-refractivity contribution is -0.130. The van der Waals surface area contributed by atoms with E-state index in [9.17, 15) is 9.59 Å². The lowest BCUT2D eigenvalue weighted by atomic mass is 10.2. The molecule has 0 bridgehead atoms. The van der Waals surface area contributed by atoms with Crippen molar-refractivity contribution in [1.82, 2.24) is 9.80 Å². The van der Waals surface area contributed by atoms with Crippen LogP contribution in [0.2, 0.25) is 5.02 Å². The number of piperazine rings is 1. The lowest BCUT2D eigenvalue weighted by Gasteiger charge is -2.34. The van der Waals surface area contributed by atoms with Crippen LogP contribution in [0.4, 0.5) is 0 Å². The average molecular weight is 350 g/mol. The Kier molecular flexibility index (Phi) is 4.73. The van der Waals surface area contributed by atoms with Crippen molar-refractivity contribution in [2.75, 3.05) is 26.2 Å². The first-order valence-corrected chi connectivity index (χ1v) is 8.51. The minimum absolute atomic E-state index is 0.0880. The first-order chi connectivity index (χ1) is 11.0. The first kappa shape index (κ1) is 16.1. The van der Waals surface area contributed by atoms with Gasteiger partial charge in [-0.15, -0.1) is 0 Å². The molecule has 1 aromatic rings. The zero-order valence-electron chi connectivity index (χ0n) is 12.7. The summed E-state index contributed by atoms with van der Waals surface area (Å²) in [5.74, 6) is -0.126. The highest BCUT2D eigenvalue weighted by atomic mass is 35.5. The van der Waals surface area contributed by atoms with E-state index < -0.39 is 0 Å². The number of carbonyl (C=O) groups excluding carboxylic acids is 2. The zero-order chi connectivity index (χ0) is 16.4. The molecule has 120 valence electrons. The molecular formula is C16H16ClN3O2S. The molecule has 7 heteroatoms. The van der Waals surface area contributed by atoms with E-state index >= 15 is 0 Å². The molecule has 0 saturated carbocycles. The second-order valence-corrected chi connectivity index (χ2v) is 6.80. The standard InChI is InChI=1S/C16H16ClN3O2S/c1-11(21)19-6-8-20(9-7-19)16-18-15(22)14(23-16)10-12-2-4-13(17)5-3-12/h2-5,10H,6-9H2,1H3/b14-10+. The van der Waals surface area contributed by atoms with Gasteiger partial charge in [0.15, 0.2) is 5.17 Å². The summed E-state index contributed by atoms with van der Waals surface area (Å²) in [7, 11) is 0. The highest BCUT2D eigenvalue weighted by molar-refractivity contribution is 8.18. The summed E-state index contributed by atoms with van der Waals surface area (Å²) in [6.07, 6.45) is 1.83. The van der Waals surface area contributed by atoms with Gasteiger partial charge >= 0.3 is 0 Å². The van der Waals surface area contributed by atoms with Gasteiger partial charge in [0.05, 0.1) is 4.91 Å². The number of halogens is 1. The van der Waals surface area contributed by atoms with Crippen molar-refractivity contribution in [1.29, 1.82) is 0 Å². The molecule has 1 saturated heterocycles. The molecule has 3 rings (SSSR count). The zero-order valence-corrected chi connectivity index (χ0v) is 14.2. The van der Waals surface area contributed by atoms with Crippen molar-refractivity contribution in [3.63, 3.8) is 0 Å². The van der Waals surface area contributed by atoms with Gasteiger partial charge in [-0.05, 0) is 35.5 Å². The van der Waals surface area contributed by atoms with Crippen molar-refractivity contribution in [3.8, 4) is 0 Å². The summed E-state index contributed by atoms with van der Waals surface area (Å²) < 4.78 is 0. The largest absolute Gasteiger partial charge is 0.347 e. The number of hydrogen-bond donors (Lipinski definition) is 0. The summed E-state index contributed by atoms with van der Waals surface area (Å²) >= 11 is 7.25. The quantitative estimate of drug-likeness (QED) is 0.731. The van der Waals surface area contributed by atoms with Crippen LogP contribution in [0.25, 0.3) is 6.08 Å². The van der Waals surface area contributed by atoms with Crippen LogP contribution in [-0.4, -0.2) is 53.0 Å². The maximum absolute atomic E-state index is 12.1. The van der Waals surface area contributed by atoms with Gasteiger partial charge < -0.3 is 9.80 Å². The van der Waals surface area contributed by atoms with Crippen LogP contribution in [0, 0.1) is 0 Å². The van der Waals surface area contributed by atoms with Crippen LogP contribution in [0.5, 0.6) is 0 Å². The summed E-state index contributed by atoms with van der Waals surface area (Å²) in [5, 5.41) is 1.39. The molecule has 0 aliphatic carbocycles. The Hall–Kier alpha value is -1.79. The van der Waals surface area contributed by atoms with E-state index in [4.69, 9.17) is 11.6 Å². The van der Waals surface area contributed by atoms with Gasteiger partial charge in [0.2, 0.25) is 5.91 Å². The number of amides is 2. The van der Waals surface area contributed by atoms with Gasteiger partial charge in [-0.25, -0.2) is 0 Å². The number of amidine groups is 1. The maximum Gasteiger partial charge on any atom is 0.286 e. The molecule has 23 heavy (non-hydrogen) atoms. The predicted molar refractivity (Wildman–Crippen MR) is 93.3 cm³/mol. The highest BCUT2D eigenvalue weighted by Gasteiger charge is 2.28. The van der Waals surface area contributed by atoms with Crippen LogP contribution in [0.15, 0.2) is 34.2 Å². The van der Waals surface area contributed by atoms with E-state index in [2.05, 4.69) is 9.89 Å². The van der Waals surface area contributed by atoms with Crippen LogP contribution in [0.3, 0.4) is 0 Å². The smallest absolute Gasteiger partial charge is 0.286 e. The molecule has 2 amide bonds. The Morgan fingerprint density at radius 1 is 1.22 bits per heavy atom. The van der Waals surface area contributed by atoms with E-state index in [1.54, 1.807) is 19.1 Å². The number of aliphatic imine (C=N–C) groups is 1. The van der Waals surface area contributed by atoms with Gasteiger partial charge in [0.25, 0.3) is 5.91 Å². The lowest BCUT2D eigenvalue weighted by Crippen LogP contribution is -2.49. The fourth-order valence-corrected chi connectivity index (χ4v) is 3.55. The van der Waals surface area contributed by atoms with Crippen molar-refractivity contribution in [2.24, 2.45) is 4.99 Å². The summed E-state index contributed by atoms with van der Waals surface area (Å²) in [6, 6.07) is 7.32. The minimum Gasteiger partial charge on any atom is -0.347 e. The third-order valence-corrected chi connectivity index (χ3v) is 5.07. The van der Waals surface area contributed by atoms with Crippen LogP contribution < -0.4 is 0 Å². The number of benzene rings is 1. The molecule has 0 unspecified atom stereocenters. The molecule has 0 N–H and O–H groups in total. The molecular weight excluding hydrogens is 334 g/mol. The van der Waals surface area contributed by atoms with E-state index in [1.807, 2.05) is 23.1 Å². The van der Waals surface area contributed by atoms with Gasteiger partial charge in [0.1, 0.15) is 0 Å². The second kappa shape index (κ2) is 6.76. The predicted octanol–water partition coefficient (Wildman–Crippen LogP) is 2.47. The SMILES string of the molecule is CC(=O)N1CCN(C2=NC(=O)/C(=C\c3ccc(Cl)cc3)S2)CC1. The minimum atomic E-state index is -0.214. The Bertz CT molecular complexity index is 692. The van der Waals surface area contributed by atoms with E-state index in [0.717, 1.165) is 10.7 Å². The number of carbonyl (C=O) groups is 2. The van der Waals surface area contributed by atoms with E-state index in [-0.39, 0.29) is 11.8 Å². The number of rotatable bonds is 1. The van der Waals surface area contributed by atoms with Crippen molar-refractivity contribution in [3.05, 3.63) is 39.8 Å². The fraction of sp³-hybridized carbons (Fsp3) is 0.312. The second-order valence-electron chi connectivity index (χ2n) is 5.35. The first-order valence-electron chi connectivity index (χ1n) is 7.31. The summed E-state index contributed by atoms with van der Waals surface area (Å²) in [4.78, 5) is 32.1. The van der Waals surface area contributed by atoms with Gasteiger partial charge in [-0.3, -0.25) is 9.59 Å². The Morgan fingerprint density at radius 2 is 1.87 bits per heavy atom. The topological polar surface area (TPSA) is 53.0 Å². The number of thioether (sulfide) groups is 1. The molecule has 2 aliphatic heterocycles. The average Bonchev–Trinajstić information content (AvgIpc) is 2.91. The Balaban J connectivity index is 1.66. The van der Waals surface area contributed by atoms with Crippen LogP contribution >= 0.6 is 23.4 Å². The van der Waals surface area contributed by atoms with Crippen molar-refractivity contribution < 1.29 is 9.59 Å². The number of hydrogen-bond acceptors (Lipinski definition) is 4. The molecule has 0 aromatic heterocycles. The molecule has 0 atom stereocenters.